The van der Waals surface area contributed by atoms with Gasteiger partial charge in [0.05, 0.1) is 5.54 Å². The molecule has 27 heavy (non-hydrogen) atoms. The normalized spacial score (nSPS) is 32.9. The third kappa shape index (κ3) is 3.61. The molecule has 3 rings (SSSR count). The van der Waals surface area contributed by atoms with Gasteiger partial charge in [0.1, 0.15) is 12.4 Å². The Bertz CT molecular complexity index is 737. The number of aliphatic imine (C=N–C) groups is 1. The summed E-state index contributed by atoms with van der Waals surface area (Å²) in [4.78, 5) is 20.3. The molecule has 3 aliphatic rings. The summed E-state index contributed by atoms with van der Waals surface area (Å²) in [6.45, 7) is 6.86. The lowest BCUT2D eigenvalue weighted by Gasteiger charge is -2.46. The van der Waals surface area contributed by atoms with E-state index < -0.39 is 0 Å². The molecule has 0 aromatic heterocycles. The van der Waals surface area contributed by atoms with Crippen LogP contribution < -0.4 is 0 Å². The molecule has 0 bridgehead atoms. The minimum Gasteiger partial charge on any atom is -0.377 e. The van der Waals surface area contributed by atoms with E-state index >= 15 is 0 Å². The Labute approximate surface area is 171 Å². The van der Waals surface area contributed by atoms with Crippen LogP contribution in [0.4, 0.5) is 0 Å². The first-order chi connectivity index (χ1) is 12.9. The van der Waals surface area contributed by atoms with Crippen molar-refractivity contribution in [2.45, 2.75) is 45.6 Å². The fourth-order valence-corrected chi connectivity index (χ4v) is 5.32. The zero-order valence-electron chi connectivity index (χ0n) is 17.1. The Balaban J connectivity index is 2.05. The molecule has 0 saturated heterocycles. The first-order valence-electron chi connectivity index (χ1n) is 9.82. The van der Waals surface area contributed by atoms with Crippen LogP contribution in [0, 0.1) is 17.8 Å². The number of alkyl halides is 1. The largest absolute Gasteiger partial charge is 0.377 e. The van der Waals surface area contributed by atoms with E-state index in [9.17, 15) is 4.79 Å². The van der Waals surface area contributed by atoms with E-state index in [2.05, 4.69) is 59.9 Å². The topological polar surface area (TPSA) is 41.9 Å². The fraction of sp³-hybridized carbons (Fsp3) is 0.636. The lowest BCUT2D eigenvalue weighted by Crippen LogP contribution is -2.58. The minimum atomic E-state index is -0.384. The highest BCUT2D eigenvalue weighted by Gasteiger charge is 2.53. The maximum Gasteiger partial charge on any atom is 0.256 e. The second-order valence-electron chi connectivity index (χ2n) is 8.16. The third-order valence-corrected chi connectivity index (χ3v) is 7.34. The van der Waals surface area contributed by atoms with Crippen molar-refractivity contribution >= 4 is 27.7 Å². The van der Waals surface area contributed by atoms with Crippen molar-refractivity contribution in [2.75, 3.05) is 26.1 Å². The molecule has 3 aliphatic carbocycles. The van der Waals surface area contributed by atoms with Crippen molar-refractivity contribution in [3.05, 3.63) is 34.9 Å². The molecule has 1 fully saturated rings. The molecule has 0 aromatic carbocycles. The lowest BCUT2D eigenvalue weighted by atomic mass is 9.77. The molecule has 0 spiro atoms. The van der Waals surface area contributed by atoms with Crippen molar-refractivity contribution < 1.29 is 9.53 Å². The number of ether oxygens (including phenoxy) is 1. The number of carbonyl (C=O) groups excluding carboxylic acids is 1. The predicted molar refractivity (Wildman–Crippen MR) is 114 cm³/mol. The van der Waals surface area contributed by atoms with Gasteiger partial charge in [-0.3, -0.25) is 14.7 Å². The number of amidine groups is 1. The van der Waals surface area contributed by atoms with Crippen molar-refractivity contribution in [1.29, 1.82) is 0 Å². The second kappa shape index (κ2) is 8.04. The summed E-state index contributed by atoms with van der Waals surface area (Å²) < 4.78 is 5.41. The summed E-state index contributed by atoms with van der Waals surface area (Å²) in [5.41, 5.74) is 2.83. The zero-order chi connectivity index (χ0) is 19.8. The van der Waals surface area contributed by atoms with Crippen LogP contribution in [0.2, 0.25) is 0 Å². The van der Waals surface area contributed by atoms with E-state index in [0.717, 1.165) is 29.3 Å². The van der Waals surface area contributed by atoms with Crippen LogP contribution in [0.25, 0.3) is 0 Å². The van der Waals surface area contributed by atoms with Gasteiger partial charge in [0.2, 0.25) is 0 Å². The average molecular weight is 435 g/mol. The summed E-state index contributed by atoms with van der Waals surface area (Å²) in [6, 6.07) is 0. The van der Waals surface area contributed by atoms with Gasteiger partial charge in [-0.05, 0) is 62.0 Å². The highest BCUT2D eigenvalue weighted by molar-refractivity contribution is 9.09. The van der Waals surface area contributed by atoms with Gasteiger partial charge >= 0.3 is 0 Å². The van der Waals surface area contributed by atoms with E-state index in [1.807, 2.05) is 4.90 Å². The SMILES string of the molecule is CN=C(COC)N(C(=O)C1=C(C)C(CBr)=CCC1)[C@@]1(C)C=CC2CC2[C@@H]1C. The second-order valence-corrected chi connectivity index (χ2v) is 8.72. The number of hydrogen-bond acceptors (Lipinski definition) is 3. The zero-order valence-corrected chi connectivity index (χ0v) is 18.7. The number of fused-ring (bicyclic) bond motifs is 1. The smallest absolute Gasteiger partial charge is 0.256 e. The van der Waals surface area contributed by atoms with Crippen LogP contribution in [-0.2, 0) is 9.53 Å². The molecule has 0 N–H and O–H groups in total. The third-order valence-electron chi connectivity index (χ3n) is 6.73. The van der Waals surface area contributed by atoms with Crippen LogP contribution >= 0.6 is 15.9 Å². The molecule has 0 aromatic rings. The van der Waals surface area contributed by atoms with Gasteiger partial charge in [0, 0.05) is 25.1 Å². The van der Waals surface area contributed by atoms with E-state index in [1.54, 1.807) is 14.2 Å². The maximum atomic E-state index is 13.9. The van der Waals surface area contributed by atoms with Crippen molar-refractivity contribution in [3.8, 4) is 0 Å². The standard InChI is InChI=1S/C22H31BrN2O2/c1-14-17(12-23)7-6-8-18(14)21(26)25(20(24-4)13-27-5)22(3)10-9-16-11-19(16)15(22)2/h7,9-10,15-16,19H,6,8,11-13H2,1-5H3/t15-,16?,19?,22-/m0/s1. The molecule has 4 atom stereocenters. The van der Waals surface area contributed by atoms with E-state index in [4.69, 9.17) is 4.74 Å². The fourth-order valence-electron chi connectivity index (χ4n) is 4.67. The van der Waals surface area contributed by atoms with Crippen LogP contribution in [0.5, 0.6) is 0 Å². The predicted octanol–water partition coefficient (Wildman–Crippen LogP) is 4.52. The molecule has 0 heterocycles. The molecule has 1 saturated carbocycles. The number of carbonyl (C=O) groups is 1. The molecule has 2 unspecified atom stereocenters. The number of methoxy groups -OCH3 is 1. The Hall–Kier alpha value is -1.20. The first-order valence-corrected chi connectivity index (χ1v) is 10.9. The van der Waals surface area contributed by atoms with Crippen LogP contribution in [0.3, 0.4) is 0 Å². The van der Waals surface area contributed by atoms with E-state index in [0.29, 0.717) is 30.2 Å². The number of amides is 1. The van der Waals surface area contributed by atoms with Gasteiger partial charge in [-0.1, -0.05) is 41.1 Å². The van der Waals surface area contributed by atoms with E-state index in [1.165, 1.54) is 12.0 Å². The van der Waals surface area contributed by atoms with Gasteiger partial charge in [0.25, 0.3) is 5.91 Å². The number of allylic oxidation sites excluding steroid dienone is 4. The van der Waals surface area contributed by atoms with Gasteiger partial charge in [-0.25, -0.2) is 0 Å². The molecule has 148 valence electrons. The van der Waals surface area contributed by atoms with Gasteiger partial charge < -0.3 is 4.74 Å². The Morgan fingerprint density at radius 3 is 2.85 bits per heavy atom. The van der Waals surface area contributed by atoms with E-state index in [-0.39, 0.29) is 11.4 Å². The number of rotatable bonds is 5. The Morgan fingerprint density at radius 1 is 1.48 bits per heavy atom. The minimum absolute atomic E-state index is 0.0785. The summed E-state index contributed by atoms with van der Waals surface area (Å²) in [5.74, 6) is 2.52. The molecule has 5 heteroatoms. The molecule has 0 radical (unpaired) electrons. The van der Waals surface area contributed by atoms with Crippen LogP contribution in [0.1, 0.15) is 40.0 Å². The summed E-state index contributed by atoms with van der Waals surface area (Å²) in [5, 5.41) is 0.778. The highest BCUT2D eigenvalue weighted by Crippen LogP contribution is 2.54. The lowest BCUT2D eigenvalue weighted by molar-refractivity contribution is -0.128. The molecule has 1 amide bonds. The summed E-state index contributed by atoms with van der Waals surface area (Å²) >= 11 is 3.56. The van der Waals surface area contributed by atoms with Gasteiger partial charge in [0.15, 0.2) is 0 Å². The Kier molecular flexibility index (Phi) is 6.11. The molecular formula is C22H31BrN2O2. The summed E-state index contributed by atoms with van der Waals surface area (Å²) in [6.07, 6.45) is 9.69. The number of hydrogen-bond donors (Lipinski definition) is 0. The van der Waals surface area contributed by atoms with Crippen molar-refractivity contribution in [1.82, 2.24) is 4.90 Å². The van der Waals surface area contributed by atoms with Crippen molar-refractivity contribution in [3.63, 3.8) is 0 Å². The highest BCUT2D eigenvalue weighted by atomic mass is 79.9. The number of nitrogens with zero attached hydrogens (tertiary/aromatic N) is 2. The average Bonchev–Trinajstić information content (AvgIpc) is 3.45. The summed E-state index contributed by atoms with van der Waals surface area (Å²) in [7, 11) is 3.41. The van der Waals surface area contributed by atoms with Crippen LogP contribution in [-0.4, -0.2) is 48.3 Å². The Morgan fingerprint density at radius 2 is 2.22 bits per heavy atom. The molecule has 4 nitrogen and oxygen atoms in total. The maximum absolute atomic E-state index is 13.9. The van der Waals surface area contributed by atoms with Crippen LogP contribution in [0.15, 0.2) is 39.9 Å². The molecular weight excluding hydrogens is 404 g/mol. The number of halogens is 1. The quantitative estimate of drug-likeness (QED) is 0.276. The van der Waals surface area contributed by atoms with Gasteiger partial charge in [-0.2, -0.15) is 0 Å². The first kappa shape index (κ1) is 20.5. The van der Waals surface area contributed by atoms with Crippen molar-refractivity contribution in [2.24, 2.45) is 22.7 Å². The molecule has 0 aliphatic heterocycles. The monoisotopic (exact) mass is 434 g/mol. The van der Waals surface area contributed by atoms with Gasteiger partial charge in [-0.15, -0.1) is 0 Å².